The first-order valence-electron chi connectivity index (χ1n) is 10.8. The van der Waals surface area contributed by atoms with E-state index in [9.17, 15) is 14.7 Å². The van der Waals surface area contributed by atoms with Crippen LogP contribution in [-0.2, 0) is 0 Å². The van der Waals surface area contributed by atoms with Crippen molar-refractivity contribution in [2.75, 3.05) is 20.2 Å². The molecule has 0 bridgehead atoms. The number of nitrogens with zero attached hydrogens (tertiary/aromatic N) is 3. The molecule has 2 aromatic heterocycles. The zero-order valence-corrected chi connectivity index (χ0v) is 18.0. The van der Waals surface area contributed by atoms with Gasteiger partial charge in [0.1, 0.15) is 5.75 Å². The van der Waals surface area contributed by atoms with Gasteiger partial charge in [0.2, 0.25) is 0 Å². The normalized spacial score (nSPS) is 14.9. The lowest BCUT2D eigenvalue weighted by Gasteiger charge is -2.13. The van der Waals surface area contributed by atoms with Gasteiger partial charge in [-0.1, -0.05) is 12.8 Å². The van der Waals surface area contributed by atoms with Crippen LogP contribution in [0.5, 0.6) is 5.75 Å². The minimum atomic E-state index is -0.928. The molecule has 1 fully saturated rings. The van der Waals surface area contributed by atoms with Crippen LogP contribution in [0.2, 0.25) is 0 Å². The topological polar surface area (TPSA) is 118 Å². The van der Waals surface area contributed by atoms with E-state index in [0.717, 1.165) is 23.9 Å². The average molecular weight is 438 g/mol. The molecule has 3 aromatic rings. The van der Waals surface area contributed by atoms with Crippen LogP contribution < -0.4 is 15.4 Å². The summed E-state index contributed by atoms with van der Waals surface area (Å²) in [5.41, 5.74) is 1.65. The largest absolute Gasteiger partial charge is 0.497 e. The van der Waals surface area contributed by atoms with E-state index in [-0.39, 0.29) is 24.9 Å². The number of carbonyl (C=O) groups is 2. The number of methoxy groups -OCH3 is 1. The van der Waals surface area contributed by atoms with Gasteiger partial charge in [-0.25, -0.2) is 9.67 Å². The van der Waals surface area contributed by atoms with Gasteiger partial charge >= 0.3 is 0 Å². The number of hydrogen-bond acceptors (Lipinski definition) is 6. The summed E-state index contributed by atoms with van der Waals surface area (Å²) in [6.45, 7) is 0.0116. The molecule has 1 unspecified atom stereocenters. The molecule has 32 heavy (non-hydrogen) atoms. The maximum absolute atomic E-state index is 12.5. The van der Waals surface area contributed by atoms with Crippen molar-refractivity contribution in [2.45, 2.75) is 37.8 Å². The average Bonchev–Trinajstić information content (AvgIpc) is 3.50. The van der Waals surface area contributed by atoms with E-state index >= 15 is 0 Å². The van der Waals surface area contributed by atoms with Crippen molar-refractivity contribution < 1.29 is 19.4 Å². The Balaban J connectivity index is 1.28. The zero-order valence-electron chi connectivity index (χ0n) is 18.0. The summed E-state index contributed by atoms with van der Waals surface area (Å²) in [6.07, 6.45) is 6.96. The fourth-order valence-electron chi connectivity index (χ4n) is 3.92. The second-order valence-corrected chi connectivity index (χ2v) is 7.97. The predicted octanol–water partition coefficient (Wildman–Crippen LogP) is 2.08. The van der Waals surface area contributed by atoms with Gasteiger partial charge in [0.05, 0.1) is 31.0 Å². The Kier molecular flexibility index (Phi) is 6.65. The van der Waals surface area contributed by atoms with Gasteiger partial charge < -0.3 is 20.5 Å². The minimum Gasteiger partial charge on any atom is -0.497 e. The van der Waals surface area contributed by atoms with Crippen LogP contribution in [0.25, 0.3) is 11.0 Å². The second kappa shape index (κ2) is 9.78. The number of rotatable bonds is 8. The standard InChI is InChI=1S/C23H27N5O4/c1-32-20-8-6-15(7-9-20)22(30)25-13-19(29)14-26-23(31)17-10-16-12-27-28(21(16)24-11-17)18-4-2-3-5-18/h6-12,18-19,29H,2-5,13-14H2,1H3,(H,25,30)(H,26,31). The number of nitrogens with one attached hydrogen (secondary N) is 2. The first kappa shape index (κ1) is 21.8. The van der Waals surface area contributed by atoms with Gasteiger partial charge in [0.15, 0.2) is 5.65 Å². The van der Waals surface area contributed by atoms with Crippen LogP contribution in [0.15, 0.2) is 42.7 Å². The molecule has 2 heterocycles. The first-order valence-corrected chi connectivity index (χ1v) is 10.8. The maximum Gasteiger partial charge on any atom is 0.252 e. The highest BCUT2D eigenvalue weighted by molar-refractivity contribution is 5.97. The molecule has 1 saturated carbocycles. The number of benzene rings is 1. The summed E-state index contributed by atoms with van der Waals surface area (Å²) in [4.78, 5) is 29.1. The third-order valence-corrected chi connectivity index (χ3v) is 5.71. The van der Waals surface area contributed by atoms with E-state index in [4.69, 9.17) is 4.74 Å². The van der Waals surface area contributed by atoms with Crippen LogP contribution in [0.1, 0.15) is 52.4 Å². The second-order valence-electron chi connectivity index (χ2n) is 7.97. The van der Waals surface area contributed by atoms with Gasteiger partial charge in [-0.2, -0.15) is 5.10 Å². The fraction of sp³-hybridized carbons (Fsp3) is 0.391. The predicted molar refractivity (Wildman–Crippen MR) is 119 cm³/mol. The van der Waals surface area contributed by atoms with Crippen molar-refractivity contribution >= 4 is 22.8 Å². The number of carbonyl (C=O) groups excluding carboxylic acids is 2. The summed E-state index contributed by atoms with van der Waals surface area (Å²) in [7, 11) is 1.55. The molecular formula is C23H27N5O4. The monoisotopic (exact) mass is 437 g/mol. The molecule has 9 nitrogen and oxygen atoms in total. The summed E-state index contributed by atoms with van der Waals surface area (Å²) in [6, 6.07) is 8.79. The third-order valence-electron chi connectivity index (χ3n) is 5.71. The quantitative estimate of drug-likeness (QED) is 0.497. The SMILES string of the molecule is COc1ccc(C(=O)NCC(O)CNC(=O)c2cnc3c(cnn3C3CCCC3)c2)cc1. The highest BCUT2D eigenvalue weighted by Gasteiger charge is 2.20. The number of pyridine rings is 1. The van der Waals surface area contributed by atoms with E-state index < -0.39 is 6.10 Å². The Hall–Kier alpha value is -3.46. The molecule has 9 heteroatoms. The van der Waals surface area contributed by atoms with Crippen molar-refractivity contribution in [3.63, 3.8) is 0 Å². The molecule has 0 radical (unpaired) electrons. The number of aliphatic hydroxyl groups is 1. The lowest BCUT2D eigenvalue weighted by atomic mass is 10.2. The molecule has 0 aliphatic heterocycles. The van der Waals surface area contributed by atoms with E-state index in [1.54, 1.807) is 43.6 Å². The number of amides is 2. The molecule has 2 amide bonds. The molecule has 1 atom stereocenters. The number of aromatic nitrogens is 3. The number of fused-ring (bicyclic) bond motifs is 1. The van der Waals surface area contributed by atoms with E-state index in [2.05, 4.69) is 20.7 Å². The van der Waals surface area contributed by atoms with Gasteiger partial charge in [-0.3, -0.25) is 9.59 Å². The Morgan fingerprint density at radius 3 is 2.41 bits per heavy atom. The van der Waals surface area contributed by atoms with Crippen LogP contribution in [0.4, 0.5) is 0 Å². The van der Waals surface area contributed by atoms with Crippen LogP contribution >= 0.6 is 0 Å². The Morgan fingerprint density at radius 2 is 1.75 bits per heavy atom. The summed E-state index contributed by atoms with van der Waals surface area (Å²) >= 11 is 0. The van der Waals surface area contributed by atoms with Gasteiger partial charge in [0, 0.05) is 30.2 Å². The van der Waals surface area contributed by atoms with Crippen LogP contribution in [0.3, 0.4) is 0 Å². The van der Waals surface area contributed by atoms with E-state index in [1.807, 2.05) is 4.68 Å². The van der Waals surface area contributed by atoms with Crippen LogP contribution in [-0.4, -0.2) is 58.0 Å². The number of hydrogen-bond donors (Lipinski definition) is 3. The van der Waals surface area contributed by atoms with Crippen molar-refractivity contribution in [1.82, 2.24) is 25.4 Å². The first-order chi connectivity index (χ1) is 15.5. The molecule has 1 aliphatic carbocycles. The highest BCUT2D eigenvalue weighted by atomic mass is 16.5. The molecule has 1 aliphatic rings. The molecule has 0 saturated heterocycles. The maximum atomic E-state index is 12.5. The van der Waals surface area contributed by atoms with E-state index in [1.165, 1.54) is 19.0 Å². The van der Waals surface area contributed by atoms with Crippen molar-refractivity contribution in [1.29, 1.82) is 0 Å². The number of ether oxygens (including phenoxy) is 1. The Morgan fingerprint density at radius 1 is 1.09 bits per heavy atom. The highest BCUT2D eigenvalue weighted by Crippen LogP contribution is 2.31. The zero-order chi connectivity index (χ0) is 22.5. The molecule has 168 valence electrons. The lowest BCUT2D eigenvalue weighted by Crippen LogP contribution is -2.40. The van der Waals surface area contributed by atoms with Gasteiger partial charge in [0.25, 0.3) is 11.8 Å². The van der Waals surface area contributed by atoms with Gasteiger partial charge in [-0.05, 0) is 43.2 Å². The molecule has 1 aromatic carbocycles. The summed E-state index contributed by atoms with van der Waals surface area (Å²) in [5.74, 6) is 0.00311. The number of aliphatic hydroxyl groups excluding tert-OH is 1. The van der Waals surface area contributed by atoms with E-state index in [0.29, 0.717) is 22.9 Å². The lowest BCUT2D eigenvalue weighted by molar-refractivity contribution is 0.0885. The smallest absolute Gasteiger partial charge is 0.252 e. The molecular weight excluding hydrogens is 410 g/mol. The summed E-state index contributed by atoms with van der Waals surface area (Å²) < 4.78 is 7.02. The van der Waals surface area contributed by atoms with Crippen LogP contribution in [0, 0.1) is 0 Å². The summed E-state index contributed by atoms with van der Waals surface area (Å²) in [5, 5.41) is 20.7. The fourth-order valence-corrected chi connectivity index (χ4v) is 3.92. The molecule has 0 spiro atoms. The molecule has 4 rings (SSSR count). The van der Waals surface area contributed by atoms with Crippen molar-refractivity contribution in [2.24, 2.45) is 0 Å². The Bertz CT molecular complexity index is 1090. The minimum absolute atomic E-state index is 0.00109. The Labute approximate surface area is 185 Å². The molecule has 3 N–H and O–H groups in total. The third kappa shape index (κ3) is 4.88. The van der Waals surface area contributed by atoms with Gasteiger partial charge in [-0.15, -0.1) is 0 Å². The van der Waals surface area contributed by atoms with Crippen molar-refractivity contribution in [3.8, 4) is 5.75 Å². The van der Waals surface area contributed by atoms with Crippen molar-refractivity contribution in [3.05, 3.63) is 53.9 Å².